The summed E-state index contributed by atoms with van der Waals surface area (Å²) >= 11 is 0. The highest BCUT2D eigenvalue weighted by molar-refractivity contribution is 5.75. The van der Waals surface area contributed by atoms with Gasteiger partial charge < -0.3 is 15.6 Å². The number of carbonyl (C=O) groups excluding carboxylic acids is 1. The molecular formula is C16H24FN3O3. The first-order valence-electron chi connectivity index (χ1n) is 7.71. The lowest BCUT2D eigenvalue weighted by atomic mass is 10.1. The Morgan fingerprint density at radius 2 is 2.26 bits per heavy atom. The number of hydrogen-bond acceptors (Lipinski definition) is 5. The number of ether oxygens (including phenoxy) is 1. The molecule has 1 atom stereocenters. The fraction of sp³-hybridized carbons (Fsp3) is 0.562. The van der Waals surface area contributed by atoms with E-state index in [0.717, 1.165) is 0 Å². The second-order valence-corrected chi connectivity index (χ2v) is 5.80. The van der Waals surface area contributed by atoms with E-state index in [0.29, 0.717) is 43.9 Å². The van der Waals surface area contributed by atoms with Crippen LogP contribution in [0.2, 0.25) is 0 Å². The predicted molar refractivity (Wildman–Crippen MR) is 84.5 cm³/mol. The molecule has 1 aromatic rings. The molecular weight excluding hydrogens is 301 g/mol. The van der Waals surface area contributed by atoms with Crippen LogP contribution in [0.25, 0.3) is 0 Å². The highest BCUT2D eigenvalue weighted by atomic mass is 19.1. The Balaban J connectivity index is 2.04. The van der Waals surface area contributed by atoms with Crippen LogP contribution in [0.3, 0.4) is 0 Å². The smallest absolute Gasteiger partial charge is 0.231 e. The fourth-order valence-corrected chi connectivity index (χ4v) is 2.95. The number of methoxy groups -OCH3 is 1. The maximum atomic E-state index is 14.1. The van der Waals surface area contributed by atoms with E-state index in [2.05, 4.69) is 4.90 Å². The molecule has 0 unspecified atom stereocenters. The van der Waals surface area contributed by atoms with Crippen LogP contribution in [0.15, 0.2) is 18.2 Å². The second-order valence-electron chi connectivity index (χ2n) is 5.80. The highest BCUT2D eigenvalue weighted by Gasteiger charge is 2.27. The van der Waals surface area contributed by atoms with Crippen LogP contribution in [0.5, 0.6) is 5.75 Å². The summed E-state index contributed by atoms with van der Waals surface area (Å²) in [4.78, 5) is 15.2. The Morgan fingerprint density at radius 1 is 1.48 bits per heavy atom. The number of benzene rings is 1. The van der Waals surface area contributed by atoms with Crippen molar-refractivity contribution in [2.45, 2.75) is 19.0 Å². The molecule has 1 aromatic carbocycles. The van der Waals surface area contributed by atoms with Crippen LogP contribution in [0.4, 0.5) is 4.39 Å². The van der Waals surface area contributed by atoms with Crippen LogP contribution in [-0.4, -0.2) is 66.8 Å². The monoisotopic (exact) mass is 325 g/mol. The molecule has 1 saturated heterocycles. The number of aliphatic hydroxyl groups excluding tert-OH is 1. The summed E-state index contributed by atoms with van der Waals surface area (Å²) in [6.45, 7) is 2.77. The third-order valence-corrected chi connectivity index (χ3v) is 4.16. The largest absolute Gasteiger partial charge is 0.497 e. The number of carbonyl (C=O) groups is 1. The number of piperazine rings is 1. The van der Waals surface area contributed by atoms with Gasteiger partial charge in [-0.15, -0.1) is 0 Å². The number of hydrogen-bond donors (Lipinski definition) is 2. The third-order valence-electron chi connectivity index (χ3n) is 4.16. The van der Waals surface area contributed by atoms with Gasteiger partial charge in [0.25, 0.3) is 0 Å². The first-order chi connectivity index (χ1) is 11.0. The third kappa shape index (κ3) is 4.89. The van der Waals surface area contributed by atoms with Gasteiger partial charge in [0, 0.05) is 50.5 Å². The van der Waals surface area contributed by atoms with Gasteiger partial charge in [-0.3, -0.25) is 14.6 Å². The summed E-state index contributed by atoms with van der Waals surface area (Å²) in [5, 5.41) is 9.27. The first kappa shape index (κ1) is 17.7. The Labute approximate surface area is 135 Å². The number of halogens is 1. The summed E-state index contributed by atoms with van der Waals surface area (Å²) in [6, 6.07) is 4.90. The zero-order valence-electron chi connectivity index (χ0n) is 13.4. The standard InChI is InChI=1S/C16H24FN3O3/c1-23-14-3-2-12(15(17)8-14)9-20-6-5-19(11-16(18)22)10-13(20)4-7-21/h2-3,8,13,21H,4-7,9-11H2,1H3,(H2,18,22)/t13-/m0/s1. The van der Waals surface area contributed by atoms with Gasteiger partial charge in [0.1, 0.15) is 11.6 Å². The SMILES string of the molecule is COc1ccc(CN2CCN(CC(N)=O)C[C@@H]2CCO)c(F)c1. The first-order valence-corrected chi connectivity index (χ1v) is 7.71. The van der Waals surface area contributed by atoms with Gasteiger partial charge in [-0.1, -0.05) is 6.07 Å². The Bertz CT molecular complexity index is 541. The lowest BCUT2D eigenvalue weighted by molar-refractivity contribution is -0.120. The lowest BCUT2D eigenvalue weighted by Crippen LogP contribution is -2.54. The number of nitrogens with two attached hydrogens (primary N) is 1. The zero-order valence-corrected chi connectivity index (χ0v) is 13.4. The minimum atomic E-state index is -0.359. The maximum Gasteiger partial charge on any atom is 0.231 e. The average Bonchev–Trinajstić information content (AvgIpc) is 2.51. The van der Waals surface area contributed by atoms with E-state index in [4.69, 9.17) is 10.5 Å². The van der Waals surface area contributed by atoms with Crippen LogP contribution in [0.1, 0.15) is 12.0 Å². The molecule has 0 radical (unpaired) electrons. The Hall–Kier alpha value is -1.70. The molecule has 1 amide bonds. The van der Waals surface area contributed by atoms with Gasteiger partial charge in [0.05, 0.1) is 13.7 Å². The summed E-state index contributed by atoms with van der Waals surface area (Å²) < 4.78 is 19.1. The molecule has 6 nitrogen and oxygen atoms in total. The van der Waals surface area contributed by atoms with E-state index in [-0.39, 0.29) is 30.9 Å². The van der Waals surface area contributed by atoms with Crippen molar-refractivity contribution in [2.75, 3.05) is 39.9 Å². The molecule has 23 heavy (non-hydrogen) atoms. The highest BCUT2D eigenvalue weighted by Crippen LogP contribution is 2.21. The molecule has 2 rings (SSSR count). The van der Waals surface area contributed by atoms with Crippen LogP contribution in [-0.2, 0) is 11.3 Å². The van der Waals surface area contributed by atoms with E-state index in [1.54, 1.807) is 12.1 Å². The predicted octanol–water partition coefficient (Wildman–Crippen LogP) is 0.188. The zero-order chi connectivity index (χ0) is 16.8. The van der Waals surface area contributed by atoms with Crippen molar-refractivity contribution in [3.63, 3.8) is 0 Å². The number of primary amides is 1. The molecule has 1 heterocycles. The molecule has 0 aliphatic carbocycles. The van der Waals surface area contributed by atoms with E-state index < -0.39 is 0 Å². The molecule has 0 aromatic heterocycles. The van der Waals surface area contributed by atoms with Crippen molar-refractivity contribution in [1.82, 2.24) is 9.80 Å². The van der Waals surface area contributed by atoms with Crippen LogP contribution >= 0.6 is 0 Å². The molecule has 1 aliphatic heterocycles. The van der Waals surface area contributed by atoms with E-state index in [1.165, 1.54) is 13.2 Å². The molecule has 0 saturated carbocycles. The van der Waals surface area contributed by atoms with Gasteiger partial charge in [0.2, 0.25) is 5.91 Å². The van der Waals surface area contributed by atoms with Crippen LogP contribution in [0, 0.1) is 5.82 Å². The van der Waals surface area contributed by atoms with Gasteiger partial charge in [-0.25, -0.2) is 4.39 Å². The van der Waals surface area contributed by atoms with Gasteiger partial charge >= 0.3 is 0 Å². The number of amides is 1. The van der Waals surface area contributed by atoms with Crippen molar-refractivity contribution >= 4 is 5.91 Å². The number of nitrogens with zero attached hydrogens (tertiary/aromatic N) is 2. The lowest BCUT2D eigenvalue weighted by Gasteiger charge is -2.41. The van der Waals surface area contributed by atoms with E-state index in [9.17, 15) is 14.3 Å². The van der Waals surface area contributed by atoms with Crippen molar-refractivity contribution in [1.29, 1.82) is 0 Å². The van der Waals surface area contributed by atoms with E-state index in [1.807, 2.05) is 4.90 Å². The van der Waals surface area contributed by atoms with Crippen molar-refractivity contribution in [3.05, 3.63) is 29.6 Å². The van der Waals surface area contributed by atoms with Gasteiger partial charge in [-0.2, -0.15) is 0 Å². The van der Waals surface area contributed by atoms with Crippen molar-refractivity contribution < 1.29 is 19.0 Å². The molecule has 3 N–H and O–H groups in total. The van der Waals surface area contributed by atoms with E-state index >= 15 is 0 Å². The van der Waals surface area contributed by atoms with Gasteiger partial charge in [-0.05, 0) is 12.5 Å². The summed E-state index contributed by atoms with van der Waals surface area (Å²) in [7, 11) is 1.50. The topological polar surface area (TPSA) is 79.0 Å². The Morgan fingerprint density at radius 3 is 2.87 bits per heavy atom. The molecule has 0 spiro atoms. The maximum absolute atomic E-state index is 14.1. The number of rotatable bonds is 7. The molecule has 128 valence electrons. The average molecular weight is 325 g/mol. The quantitative estimate of drug-likeness (QED) is 0.748. The van der Waals surface area contributed by atoms with Crippen molar-refractivity contribution in [3.8, 4) is 5.75 Å². The summed E-state index contributed by atoms with van der Waals surface area (Å²) in [5.41, 5.74) is 5.84. The van der Waals surface area contributed by atoms with Crippen molar-refractivity contribution in [2.24, 2.45) is 5.73 Å². The normalized spacial score (nSPS) is 19.7. The molecule has 7 heteroatoms. The minimum absolute atomic E-state index is 0.0523. The Kier molecular flexibility index (Phi) is 6.32. The summed E-state index contributed by atoms with van der Waals surface area (Å²) in [6.07, 6.45) is 0.576. The minimum Gasteiger partial charge on any atom is -0.497 e. The molecule has 1 fully saturated rings. The van der Waals surface area contributed by atoms with Crippen LogP contribution < -0.4 is 10.5 Å². The molecule has 0 bridgehead atoms. The number of aliphatic hydroxyl groups is 1. The van der Waals surface area contributed by atoms with Gasteiger partial charge in [0.15, 0.2) is 0 Å². The fourth-order valence-electron chi connectivity index (χ4n) is 2.95. The summed E-state index contributed by atoms with van der Waals surface area (Å²) in [5.74, 6) is -0.168. The second kappa shape index (κ2) is 8.24. The molecule has 1 aliphatic rings.